The summed E-state index contributed by atoms with van der Waals surface area (Å²) in [6, 6.07) is 7.54. The van der Waals surface area contributed by atoms with Crippen molar-refractivity contribution >= 4 is 5.91 Å². The number of nitrogens with one attached hydrogen (secondary N) is 1. The molecule has 0 bridgehead atoms. The summed E-state index contributed by atoms with van der Waals surface area (Å²) in [5.41, 5.74) is -1.04. The molecule has 0 unspecified atom stereocenters. The van der Waals surface area contributed by atoms with Crippen LogP contribution in [0.15, 0.2) is 42.1 Å². The van der Waals surface area contributed by atoms with E-state index in [-0.39, 0.29) is 22.7 Å². The van der Waals surface area contributed by atoms with Crippen LogP contribution >= 0.6 is 0 Å². The predicted octanol–water partition coefficient (Wildman–Crippen LogP) is 2.00. The molecule has 126 valence electrons. The highest BCUT2D eigenvalue weighted by atomic mass is 19.4. The lowest BCUT2D eigenvalue weighted by Gasteiger charge is -2.34. The Labute approximate surface area is 131 Å². The van der Waals surface area contributed by atoms with Crippen molar-refractivity contribution in [2.24, 2.45) is 0 Å². The van der Waals surface area contributed by atoms with Crippen LogP contribution in [0.25, 0.3) is 0 Å². The molecular weight excluding hydrogens is 313 g/mol. The molecule has 0 aliphatic carbocycles. The number of aliphatic hydroxyl groups excluding tert-OH is 1. The average Bonchev–Trinajstić information content (AvgIpc) is 2.85. The maximum absolute atomic E-state index is 13.2. The molecule has 0 spiro atoms. The van der Waals surface area contributed by atoms with Gasteiger partial charge in [-0.25, -0.2) is 5.01 Å². The van der Waals surface area contributed by atoms with E-state index in [0.717, 1.165) is 0 Å². The molecule has 1 heterocycles. The minimum atomic E-state index is -5.11. The number of nitrogens with zero attached hydrogens (tertiary/aromatic N) is 1. The summed E-state index contributed by atoms with van der Waals surface area (Å²) in [7, 11) is 0. The van der Waals surface area contributed by atoms with Crippen LogP contribution in [0.3, 0.4) is 0 Å². The molecule has 1 aromatic carbocycles. The zero-order chi connectivity index (χ0) is 17.3. The largest absolute Gasteiger partial charge is 0.442 e. The van der Waals surface area contributed by atoms with Crippen LogP contribution < -0.4 is 5.43 Å². The van der Waals surface area contributed by atoms with Crippen LogP contribution in [0.2, 0.25) is 0 Å². The summed E-state index contributed by atoms with van der Waals surface area (Å²) in [6.45, 7) is 1.75. The van der Waals surface area contributed by atoms with E-state index in [9.17, 15) is 28.2 Å². The number of benzene rings is 1. The van der Waals surface area contributed by atoms with Crippen LogP contribution in [0.1, 0.15) is 31.4 Å². The van der Waals surface area contributed by atoms with Crippen molar-refractivity contribution in [2.45, 2.75) is 37.8 Å². The number of hydrazine groups is 1. The van der Waals surface area contributed by atoms with Crippen molar-refractivity contribution in [1.82, 2.24) is 10.4 Å². The first-order chi connectivity index (χ1) is 10.7. The number of allylic oxidation sites excluding steroid dienone is 1. The monoisotopic (exact) mass is 330 g/mol. The number of rotatable bonds is 4. The molecule has 0 radical (unpaired) electrons. The Kier molecular flexibility index (Phi) is 4.67. The third-order valence-electron chi connectivity index (χ3n) is 3.48. The van der Waals surface area contributed by atoms with E-state index in [0.29, 0.717) is 12.5 Å². The van der Waals surface area contributed by atoms with Crippen molar-refractivity contribution in [3.63, 3.8) is 0 Å². The molecule has 5 nitrogen and oxygen atoms in total. The maximum atomic E-state index is 13.2. The molecule has 0 fully saturated rings. The molecule has 1 aromatic rings. The summed E-state index contributed by atoms with van der Waals surface area (Å²) in [6.07, 6.45) is -5.63. The fraction of sp³-hybridized carbons (Fsp3) is 0.400. The van der Waals surface area contributed by atoms with Crippen LogP contribution in [-0.4, -0.2) is 33.0 Å². The van der Waals surface area contributed by atoms with Gasteiger partial charge in [0.1, 0.15) is 0 Å². The molecule has 1 aliphatic rings. The number of hydrogen-bond donors (Lipinski definition) is 3. The first-order valence-corrected chi connectivity index (χ1v) is 7.05. The van der Waals surface area contributed by atoms with Gasteiger partial charge in [0, 0.05) is 5.70 Å². The van der Waals surface area contributed by atoms with Gasteiger partial charge in [-0.1, -0.05) is 43.7 Å². The van der Waals surface area contributed by atoms with E-state index >= 15 is 0 Å². The van der Waals surface area contributed by atoms with Gasteiger partial charge in [0.25, 0.3) is 11.6 Å². The van der Waals surface area contributed by atoms with Crippen molar-refractivity contribution in [3.05, 3.63) is 47.7 Å². The number of alkyl halides is 3. The van der Waals surface area contributed by atoms with Crippen molar-refractivity contribution < 1.29 is 28.2 Å². The van der Waals surface area contributed by atoms with Crippen molar-refractivity contribution in [1.29, 1.82) is 0 Å². The number of aliphatic hydroxyl groups is 2. The normalized spacial score (nSPS) is 22.5. The first kappa shape index (κ1) is 17.3. The Morgan fingerprint density at radius 2 is 1.96 bits per heavy atom. The minimum Gasteiger partial charge on any atom is -0.378 e. The molecule has 1 amide bonds. The highest BCUT2D eigenvalue weighted by Crippen LogP contribution is 2.39. The summed E-state index contributed by atoms with van der Waals surface area (Å²) in [5.74, 6) is -1.29. The van der Waals surface area contributed by atoms with Crippen molar-refractivity contribution in [3.8, 4) is 0 Å². The van der Waals surface area contributed by atoms with Crippen LogP contribution in [0.5, 0.6) is 0 Å². The van der Waals surface area contributed by atoms with E-state index in [2.05, 4.69) is 5.43 Å². The molecule has 0 saturated heterocycles. The van der Waals surface area contributed by atoms with Crippen LogP contribution in [0, 0.1) is 0 Å². The third-order valence-corrected chi connectivity index (χ3v) is 3.48. The third kappa shape index (κ3) is 3.18. The van der Waals surface area contributed by atoms with Crippen LogP contribution in [0.4, 0.5) is 13.2 Å². The smallest absolute Gasteiger partial charge is 0.378 e. The Morgan fingerprint density at radius 3 is 2.48 bits per heavy atom. The van der Waals surface area contributed by atoms with Gasteiger partial charge in [0.15, 0.2) is 6.10 Å². The van der Waals surface area contributed by atoms with Gasteiger partial charge < -0.3 is 10.2 Å². The summed E-state index contributed by atoms with van der Waals surface area (Å²) >= 11 is 0. The quantitative estimate of drug-likeness (QED) is 0.790. The Bertz CT molecular complexity index is 604. The van der Waals surface area contributed by atoms with E-state index in [1.165, 1.54) is 12.1 Å². The molecule has 0 saturated carbocycles. The number of carbonyl (C=O) groups excluding carboxylic acids is 1. The molecule has 1 aliphatic heterocycles. The fourth-order valence-electron chi connectivity index (χ4n) is 2.30. The van der Waals surface area contributed by atoms with Gasteiger partial charge in [-0.3, -0.25) is 10.2 Å². The predicted molar refractivity (Wildman–Crippen MR) is 75.4 cm³/mol. The highest BCUT2D eigenvalue weighted by Gasteiger charge is 2.62. The Hall–Kier alpha value is -2.06. The second kappa shape index (κ2) is 6.21. The Morgan fingerprint density at radius 1 is 1.35 bits per heavy atom. The average molecular weight is 330 g/mol. The molecule has 23 heavy (non-hydrogen) atoms. The lowest BCUT2D eigenvalue weighted by molar-refractivity contribution is -0.290. The topological polar surface area (TPSA) is 72.8 Å². The minimum absolute atomic E-state index is 0.0374. The molecule has 2 atom stereocenters. The number of halogens is 3. The number of hydrogen-bond acceptors (Lipinski definition) is 4. The van der Waals surface area contributed by atoms with Gasteiger partial charge in [-0.2, -0.15) is 13.2 Å². The molecule has 8 heteroatoms. The van der Waals surface area contributed by atoms with Gasteiger partial charge >= 0.3 is 6.18 Å². The molecular formula is C15H17F3N2O3. The van der Waals surface area contributed by atoms with Gasteiger partial charge in [0.2, 0.25) is 0 Å². The summed E-state index contributed by atoms with van der Waals surface area (Å²) in [5, 5.41) is 20.0. The first-order valence-electron chi connectivity index (χ1n) is 7.05. The highest BCUT2D eigenvalue weighted by molar-refractivity contribution is 5.83. The molecule has 2 rings (SSSR count). The van der Waals surface area contributed by atoms with Crippen LogP contribution in [-0.2, 0) is 4.79 Å². The maximum Gasteiger partial charge on any atom is 0.442 e. The van der Waals surface area contributed by atoms with Crippen molar-refractivity contribution in [2.75, 3.05) is 0 Å². The van der Waals surface area contributed by atoms with E-state index in [1.54, 1.807) is 25.1 Å². The second-order valence-corrected chi connectivity index (χ2v) is 5.24. The molecule has 3 N–H and O–H groups in total. The summed E-state index contributed by atoms with van der Waals surface area (Å²) in [4.78, 5) is 12.3. The second-order valence-electron chi connectivity index (χ2n) is 5.24. The fourth-order valence-corrected chi connectivity index (χ4v) is 2.30. The summed E-state index contributed by atoms with van der Waals surface area (Å²) < 4.78 is 39.7. The van der Waals surface area contributed by atoms with Gasteiger partial charge in [-0.05, 0) is 18.1 Å². The van der Waals surface area contributed by atoms with E-state index in [1.807, 2.05) is 0 Å². The number of amides is 1. The molecule has 0 aromatic heterocycles. The van der Waals surface area contributed by atoms with Gasteiger partial charge in [-0.15, -0.1) is 0 Å². The van der Waals surface area contributed by atoms with E-state index in [4.69, 9.17) is 0 Å². The van der Waals surface area contributed by atoms with Gasteiger partial charge in [0.05, 0.1) is 0 Å². The van der Waals surface area contributed by atoms with E-state index < -0.39 is 23.9 Å². The SMILES string of the molecule is CCCC1=C[C@@](O)(C(F)(F)F)N(C(=O)[C@H](O)c2ccccc2)N1. The zero-order valence-corrected chi connectivity index (χ0v) is 12.3. The zero-order valence-electron chi connectivity index (χ0n) is 12.3. The number of carbonyl (C=O) groups is 1. The standard InChI is InChI=1S/C15H17F3N2O3/c1-2-6-11-9-14(23,15(16,17)18)20(19-11)13(22)12(21)10-7-4-3-5-8-10/h3-5,7-9,12,19,21,23H,2,6H2,1H3/t12-,14-/m1/s1. The lowest BCUT2D eigenvalue weighted by Crippen LogP contribution is -2.61. The lowest BCUT2D eigenvalue weighted by atomic mass is 10.1. The Balaban J connectivity index is 2.32.